The van der Waals surface area contributed by atoms with Crippen molar-refractivity contribution in [2.75, 3.05) is 13.3 Å². The first-order valence-electron chi connectivity index (χ1n) is 8.38. The van der Waals surface area contributed by atoms with Gasteiger partial charge in [0.25, 0.3) is 5.91 Å². The van der Waals surface area contributed by atoms with Gasteiger partial charge in [0, 0.05) is 23.1 Å². The van der Waals surface area contributed by atoms with Gasteiger partial charge in [0.15, 0.2) is 11.5 Å². The number of ether oxygens (including phenoxy) is 2. The molecule has 0 bridgehead atoms. The molecule has 0 radical (unpaired) electrons. The molecular formula is C20H18N2O3S. The Labute approximate surface area is 155 Å². The molecule has 1 aliphatic rings. The summed E-state index contributed by atoms with van der Waals surface area (Å²) < 4.78 is 10.6. The average Bonchev–Trinajstić information content (AvgIpc) is 3.30. The number of hydrogen-bond donors (Lipinski definition) is 1. The zero-order valence-electron chi connectivity index (χ0n) is 14.3. The van der Waals surface area contributed by atoms with Crippen LogP contribution in [0.1, 0.15) is 20.9 Å². The second-order valence-electron chi connectivity index (χ2n) is 6.02. The molecule has 1 aromatic heterocycles. The van der Waals surface area contributed by atoms with Gasteiger partial charge < -0.3 is 14.8 Å². The number of fused-ring (bicyclic) bond motifs is 1. The van der Waals surface area contributed by atoms with E-state index >= 15 is 0 Å². The first-order chi connectivity index (χ1) is 12.7. The lowest BCUT2D eigenvalue weighted by atomic mass is 10.1. The lowest BCUT2D eigenvalue weighted by Crippen LogP contribution is -2.25. The average molecular weight is 366 g/mol. The monoisotopic (exact) mass is 366 g/mol. The Morgan fingerprint density at radius 1 is 1.15 bits per heavy atom. The maximum atomic E-state index is 12.3. The molecule has 0 unspecified atom stereocenters. The third-order valence-corrected chi connectivity index (χ3v) is 4.98. The first kappa shape index (κ1) is 16.6. The molecule has 0 spiro atoms. The van der Waals surface area contributed by atoms with E-state index in [1.165, 1.54) is 5.56 Å². The van der Waals surface area contributed by atoms with Crippen molar-refractivity contribution in [2.45, 2.75) is 13.3 Å². The van der Waals surface area contributed by atoms with Gasteiger partial charge in [-0.25, -0.2) is 4.98 Å². The van der Waals surface area contributed by atoms with Gasteiger partial charge >= 0.3 is 0 Å². The fraction of sp³-hybridized carbons (Fsp3) is 0.200. The highest BCUT2D eigenvalue weighted by Gasteiger charge is 2.15. The number of amides is 1. The highest BCUT2D eigenvalue weighted by Crippen LogP contribution is 2.32. The Bertz CT molecular complexity index is 934. The van der Waals surface area contributed by atoms with Crippen LogP contribution in [0, 0.1) is 6.92 Å². The second kappa shape index (κ2) is 7.17. The van der Waals surface area contributed by atoms with Crippen molar-refractivity contribution in [3.05, 3.63) is 64.0 Å². The summed E-state index contributed by atoms with van der Waals surface area (Å²) in [6.45, 7) is 2.78. The standard InChI is InChI=1S/C20H18N2O3S/c1-13-22-17(11-26-13)15-4-2-14(3-5-15)8-9-21-20(23)16-6-7-18-19(10-16)25-12-24-18/h2-7,10-11H,8-9,12H2,1H3,(H,21,23). The summed E-state index contributed by atoms with van der Waals surface area (Å²) in [7, 11) is 0. The maximum absolute atomic E-state index is 12.3. The van der Waals surface area contributed by atoms with Crippen LogP contribution in [0.3, 0.4) is 0 Å². The van der Waals surface area contributed by atoms with Crippen molar-refractivity contribution in [3.63, 3.8) is 0 Å². The van der Waals surface area contributed by atoms with Crippen LogP contribution in [0.25, 0.3) is 11.3 Å². The zero-order chi connectivity index (χ0) is 17.9. The highest BCUT2D eigenvalue weighted by molar-refractivity contribution is 7.09. The number of thiazole rings is 1. The molecule has 5 nitrogen and oxygen atoms in total. The summed E-state index contributed by atoms with van der Waals surface area (Å²) in [5, 5.41) is 6.07. The van der Waals surface area contributed by atoms with E-state index < -0.39 is 0 Å². The molecule has 2 aromatic carbocycles. The Kier molecular flexibility index (Phi) is 4.58. The number of nitrogens with zero attached hydrogens (tertiary/aromatic N) is 1. The molecule has 26 heavy (non-hydrogen) atoms. The van der Waals surface area contributed by atoms with Crippen LogP contribution in [0.4, 0.5) is 0 Å². The van der Waals surface area contributed by atoms with Crippen molar-refractivity contribution >= 4 is 17.2 Å². The maximum Gasteiger partial charge on any atom is 0.251 e. The molecule has 0 atom stereocenters. The zero-order valence-corrected chi connectivity index (χ0v) is 15.1. The van der Waals surface area contributed by atoms with Crippen LogP contribution in [-0.2, 0) is 6.42 Å². The fourth-order valence-corrected chi connectivity index (χ4v) is 3.42. The Balaban J connectivity index is 1.32. The van der Waals surface area contributed by atoms with Crippen LogP contribution in [0.15, 0.2) is 47.8 Å². The smallest absolute Gasteiger partial charge is 0.251 e. The SMILES string of the molecule is Cc1nc(-c2ccc(CCNC(=O)c3ccc4c(c3)OCO4)cc2)cs1. The van der Waals surface area contributed by atoms with E-state index in [1.54, 1.807) is 29.5 Å². The molecule has 4 rings (SSSR count). The van der Waals surface area contributed by atoms with E-state index in [9.17, 15) is 4.79 Å². The predicted molar refractivity (Wildman–Crippen MR) is 101 cm³/mol. The molecule has 1 amide bonds. The predicted octanol–water partition coefficient (Wildman–Crippen LogP) is 3.82. The molecule has 3 aromatic rings. The summed E-state index contributed by atoms with van der Waals surface area (Å²) >= 11 is 1.65. The summed E-state index contributed by atoms with van der Waals surface area (Å²) in [6.07, 6.45) is 0.771. The van der Waals surface area contributed by atoms with Crippen molar-refractivity contribution in [3.8, 4) is 22.8 Å². The minimum atomic E-state index is -0.113. The Morgan fingerprint density at radius 2 is 1.96 bits per heavy atom. The topological polar surface area (TPSA) is 60.5 Å². The van der Waals surface area contributed by atoms with E-state index in [0.29, 0.717) is 23.6 Å². The number of aromatic nitrogens is 1. The van der Waals surface area contributed by atoms with E-state index in [1.807, 2.05) is 6.92 Å². The third-order valence-electron chi connectivity index (χ3n) is 4.20. The fourth-order valence-electron chi connectivity index (χ4n) is 2.80. The van der Waals surface area contributed by atoms with Gasteiger partial charge in [0.2, 0.25) is 6.79 Å². The largest absolute Gasteiger partial charge is 0.454 e. The van der Waals surface area contributed by atoms with Crippen molar-refractivity contribution in [1.82, 2.24) is 10.3 Å². The molecular weight excluding hydrogens is 348 g/mol. The van der Waals surface area contributed by atoms with Gasteiger partial charge in [-0.15, -0.1) is 11.3 Å². The molecule has 1 aliphatic heterocycles. The number of rotatable bonds is 5. The van der Waals surface area contributed by atoms with Crippen molar-refractivity contribution in [2.24, 2.45) is 0 Å². The van der Waals surface area contributed by atoms with Crippen LogP contribution in [-0.4, -0.2) is 24.2 Å². The molecule has 1 N–H and O–H groups in total. The number of aryl methyl sites for hydroxylation is 1. The summed E-state index contributed by atoms with van der Waals surface area (Å²) in [5.41, 5.74) is 3.87. The third kappa shape index (κ3) is 3.55. The Morgan fingerprint density at radius 3 is 2.73 bits per heavy atom. The molecule has 0 saturated carbocycles. The van der Waals surface area contributed by atoms with Crippen LogP contribution < -0.4 is 14.8 Å². The van der Waals surface area contributed by atoms with Crippen LogP contribution >= 0.6 is 11.3 Å². The number of carbonyl (C=O) groups is 1. The summed E-state index contributed by atoms with van der Waals surface area (Å²) in [6, 6.07) is 13.5. The van der Waals surface area contributed by atoms with Crippen LogP contribution in [0.5, 0.6) is 11.5 Å². The van der Waals surface area contributed by atoms with Crippen molar-refractivity contribution < 1.29 is 14.3 Å². The molecule has 0 fully saturated rings. The lowest BCUT2D eigenvalue weighted by Gasteiger charge is -2.07. The van der Waals surface area contributed by atoms with E-state index in [-0.39, 0.29) is 12.7 Å². The molecule has 2 heterocycles. The normalized spacial score (nSPS) is 12.2. The number of nitrogens with one attached hydrogen (secondary N) is 1. The molecule has 132 valence electrons. The van der Waals surface area contributed by atoms with Gasteiger partial charge in [0.05, 0.1) is 10.7 Å². The van der Waals surface area contributed by atoms with E-state index in [0.717, 1.165) is 22.7 Å². The van der Waals surface area contributed by atoms with Gasteiger partial charge in [-0.3, -0.25) is 4.79 Å². The van der Waals surface area contributed by atoms with Crippen molar-refractivity contribution in [1.29, 1.82) is 0 Å². The minimum absolute atomic E-state index is 0.113. The number of hydrogen-bond acceptors (Lipinski definition) is 5. The molecule has 0 aliphatic carbocycles. The minimum Gasteiger partial charge on any atom is -0.454 e. The Hall–Kier alpha value is -2.86. The van der Waals surface area contributed by atoms with Gasteiger partial charge in [0.1, 0.15) is 0 Å². The summed E-state index contributed by atoms with van der Waals surface area (Å²) in [4.78, 5) is 16.8. The van der Waals surface area contributed by atoms with Gasteiger partial charge in [-0.1, -0.05) is 24.3 Å². The second-order valence-corrected chi connectivity index (χ2v) is 7.08. The summed E-state index contributed by atoms with van der Waals surface area (Å²) in [5.74, 6) is 1.18. The highest BCUT2D eigenvalue weighted by atomic mass is 32.1. The van der Waals surface area contributed by atoms with Gasteiger partial charge in [-0.05, 0) is 37.1 Å². The molecule has 0 saturated heterocycles. The van der Waals surface area contributed by atoms with E-state index in [4.69, 9.17) is 9.47 Å². The first-order valence-corrected chi connectivity index (χ1v) is 9.26. The quantitative estimate of drug-likeness (QED) is 0.746. The number of carbonyl (C=O) groups excluding carboxylic acids is 1. The van der Waals surface area contributed by atoms with E-state index in [2.05, 4.69) is 39.9 Å². The lowest BCUT2D eigenvalue weighted by molar-refractivity contribution is 0.0953. The van der Waals surface area contributed by atoms with Gasteiger partial charge in [-0.2, -0.15) is 0 Å². The van der Waals surface area contributed by atoms with Crippen LogP contribution in [0.2, 0.25) is 0 Å². The number of benzene rings is 2. The molecule has 6 heteroatoms.